The van der Waals surface area contributed by atoms with E-state index >= 15 is 0 Å². The number of ketones is 1. The maximum Gasteiger partial charge on any atom is 0.279 e. The van der Waals surface area contributed by atoms with Gasteiger partial charge in [-0.05, 0) is 62.7 Å². The third-order valence-corrected chi connectivity index (χ3v) is 4.18. The van der Waals surface area contributed by atoms with Crippen LogP contribution in [0.15, 0.2) is 30.5 Å². The minimum atomic E-state index is -0.551. The highest BCUT2D eigenvalue weighted by Crippen LogP contribution is 2.32. The number of rotatable bonds is 3. The Morgan fingerprint density at radius 3 is 2.75 bits per heavy atom. The summed E-state index contributed by atoms with van der Waals surface area (Å²) in [6.45, 7) is 2.05. The van der Waals surface area contributed by atoms with E-state index in [1.807, 2.05) is 30.5 Å². The molecule has 0 aliphatic carbocycles. The molecule has 0 N–H and O–H groups in total. The van der Waals surface area contributed by atoms with Crippen molar-refractivity contribution in [3.8, 4) is 0 Å². The number of likely N-dealkylation sites (tertiary alicyclic amines) is 1. The quantitative estimate of drug-likeness (QED) is 0.632. The molecule has 2 aromatic heterocycles. The van der Waals surface area contributed by atoms with Crippen molar-refractivity contribution < 1.29 is 9.59 Å². The fourth-order valence-electron chi connectivity index (χ4n) is 3.06. The molecule has 1 aliphatic heterocycles. The fourth-order valence-corrected chi connectivity index (χ4v) is 3.06. The van der Waals surface area contributed by atoms with Crippen molar-refractivity contribution >= 4 is 17.6 Å². The van der Waals surface area contributed by atoms with E-state index in [2.05, 4.69) is 11.9 Å². The zero-order valence-corrected chi connectivity index (χ0v) is 11.5. The molecule has 1 saturated heterocycles. The molecule has 3 heterocycles. The molecule has 0 spiro atoms. The van der Waals surface area contributed by atoms with Crippen molar-refractivity contribution in [2.75, 3.05) is 20.1 Å². The third kappa shape index (κ3) is 2.16. The Morgan fingerprint density at radius 2 is 2.05 bits per heavy atom. The van der Waals surface area contributed by atoms with Crippen LogP contribution in [0.25, 0.3) is 5.52 Å². The summed E-state index contributed by atoms with van der Waals surface area (Å²) in [4.78, 5) is 25.1. The summed E-state index contributed by atoms with van der Waals surface area (Å²) in [6, 6.07) is 7.81. The largest absolute Gasteiger partial charge is 0.313 e. The van der Waals surface area contributed by atoms with Gasteiger partial charge in [-0.25, -0.2) is 0 Å². The van der Waals surface area contributed by atoms with Crippen molar-refractivity contribution in [3.63, 3.8) is 0 Å². The topological polar surface area (TPSA) is 41.8 Å². The molecule has 4 nitrogen and oxygen atoms in total. The van der Waals surface area contributed by atoms with Crippen LogP contribution in [0.2, 0.25) is 0 Å². The van der Waals surface area contributed by atoms with E-state index in [9.17, 15) is 9.59 Å². The van der Waals surface area contributed by atoms with Gasteiger partial charge in [-0.2, -0.15) is 0 Å². The minimum Gasteiger partial charge on any atom is -0.313 e. The van der Waals surface area contributed by atoms with Crippen LogP contribution < -0.4 is 0 Å². The number of aromatic nitrogens is 1. The van der Waals surface area contributed by atoms with Gasteiger partial charge in [0, 0.05) is 11.7 Å². The summed E-state index contributed by atoms with van der Waals surface area (Å²) in [6.07, 6.45) is 5.40. The fraction of sp³-hybridized carbons (Fsp3) is 0.375. The van der Waals surface area contributed by atoms with E-state index in [-0.39, 0.29) is 0 Å². The number of fused-ring (bicyclic) bond motifs is 1. The summed E-state index contributed by atoms with van der Waals surface area (Å²) in [5.74, 6) is -0.205. The van der Waals surface area contributed by atoms with Gasteiger partial charge in [0.15, 0.2) is 0 Å². The lowest BCUT2D eigenvalue weighted by Crippen LogP contribution is -2.29. The number of Topliss-reactive ketones (excluding diaryl/α,β-unsaturated/α-hetero) is 1. The van der Waals surface area contributed by atoms with E-state index in [4.69, 9.17) is 0 Å². The van der Waals surface area contributed by atoms with Crippen molar-refractivity contribution in [2.45, 2.75) is 18.8 Å². The van der Waals surface area contributed by atoms with Crippen molar-refractivity contribution in [1.29, 1.82) is 0 Å². The summed E-state index contributed by atoms with van der Waals surface area (Å²) >= 11 is 0. The Balaban J connectivity index is 2.09. The second-order valence-corrected chi connectivity index (χ2v) is 5.45. The van der Waals surface area contributed by atoms with Gasteiger partial charge in [-0.3, -0.25) is 9.59 Å². The van der Waals surface area contributed by atoms with Crippen LogP contribution in [0.1, 0.15) is 34.8 Å². The number of pyridine rings is 1. The van der Waals surface area contributed by atoms with Crippen LogP contribution in [0.3, 0.4) is 0 Å². The SMILES string of the molecule is CN1CCC(c2cc3ccccn3c2C(=O)[C]=O)CC1. The number of hydrogen-bond acceptors (Lipinski definition) is 3. The molecule has 3 rings (SSSR count). The lowest BCUT2D eigenvalue weighted by Gasteiger charge is -2.29. The maximum absolute atomic E-state index is 12.0. The van der Waals surface area contributed by atoms with Crippen molar-refractivity contribution in [3.05, 3.63) is 41.7 Å². The van der Waals surface area contributed by atoms with Crippen molar-refractivity contribution in [2.24, 2.45) is 0 Å². The Kier molecular flexibility index (Phi) is 3.40. The van der Waals surface area contributed by atoms with Crippen molar-refractivity contribution in [1.82, 2.24) is 9.30 Å². The van der Waals surface area contributed by atoms with Gasteiger partial charge in [0.2, 0.25) is 0 Å². The molecule has 1 aliphatic rings. The average molecular weight is 269 g/mol. The van der Waals surface area contributed by atoms with Crippen LogP contribution in [0, 0.1) is 0 Å². The van der Waals surface area contributed by atoms with Crippen LogP contribution >= 0.6 is 0 Å². The molecule has 1 fully saturated rings. The molecule has 0 unspecified atom stereocenters. The van der Waals surface area contributed by atoms with Gasteiger partial charge in [0.25, 0.3) is 12.1 Å². The molecule has 0 aromatic carbocycles. The van der Waals surface area contributed by atoms with E-state index in [1.165, 1.54) is 6.29 Å². The molecule has 103 valence electrons. The molecule has 4 heteroatoms. The number of carbonyl (C=O) groups excluding carboxylic acids is 2. The standard InChI is InChI=1S/C16H17N2O2/c1-17-8-5-12(6-9-17)14-10-13-4-2-3-7-18(13)16(14)15(20)11-19/h2-4,7,10,12H,5-6,8-9H2,1H3. The molecule has 0 amide bonds. The van der Waals surface area contributed by atoms with Gasteiger partial charge in [-0.1, -0.05) is 6.07 Å². The minimum absolute atomic E-state index is 0.346. The third-order valence-electron chi connectivity index (χ3n) is 4.18. The van der Waals surface area contributed by atoms with Crippen LogP contribution in [-0.4, -0.2) is 41.5 Å². The Hall–Kier alpha value is -1.94. The highest BCUT2D eigenvalue weighted by molar-refractivity contribution is 6.33. The van der Waals surface area contributed by atoms with E-state index in [0.717, 1.165) is 37.0 Å². The molecular formula is C16H17N2O2. The van der Waals surface area contributed by atoms with Gasteiger partial charge in [0.05, 0.1) is 0 Å². The van der Waals surface area contributed by atoms with Crippen LogP contribution in [-0.2, 0) is 4.79 Å². The highest BCUT2D eigenvalue weighted by Gasteiger charge is 2.26. The second-order valence-electron chi connectivity index (χ2n) is 5.45. The molecule has 1 radical (unpaired) electrons. The summed E-state index contributed by atoms with van der Waals surface area (Å²) in [7, 11) is 2.11. The number of nitrogens with zero attached hydrogens (tertiary/aromatic N) is 2. The second kappa shape index (κ2) is 5.21. The Labute approximate surface area is 118 Å². The predicted molar refractivity (Wildman–Crippen MR) is 76.9 cm³/mol. The molecular weight excluding hydrogens is 252 g/mol. The molecule has 0 atom stereocenters. The van der Waals surface area contributed by atoms with E-state index < -0.39 is 5.78 Å². The molecule has 20 heavy (non-hydrogen) atoms. The first-order valence-electron chi connectivity index (χ1n) is 6.91. The van der Waals surface area contributed by atoms with Gasteiger partial charge < -0.3 is 9.30 Å². The van der Waals surface area contributed by atoms with E-state index in [0.29, 0.717) is 11.6 Å². The highest BCUT2D eigenvalue weighted by atomic mass is 16.2. The molecule has 2 aromatic rings. The Morgan fingerprint density at radius 1 is 1.30 bits per heavy atom. The maximum atomic E-state index is 12.0. The summed E-state index contributed by atoms with van der Waals surface area (Å²) < 4.78 is 1.81. The van der Waals surface area contributed by atoms with Crippen LogP contribution in [0.4, 0.5) is 0 Å². The van der Waals surface area contributed by atoms with Gasteiger partial charge in [-0.15, -0.1) is 0 Å². The number of piperidine rings is 1. The first-order chi connectivity index (χ1) is 9.70. The number of hydrogen-bond donors (Lipinski definition) is 0. The first-order valence-corrected chi connectivity index (χ1v) is 6.91. The lowest BCUT2D eigenvalue weighted by atomic mass is 9.89. The average Bonchev–Trinajstić information content (AvgIpc) is 2.86. The van der Waals surface area contributed by atoms with E-state index in [1.54, 1.807) is 4.40 Å². The zero-order valence-electron chi connectivity index (χ0n) is 11.5. The summed E-state index contributed by atoms with van der Waals surface area (Å²) in [5.41, 5.74) is 2.45. The normalized spacial score (nSPS) is 17.4. The van der Waals surface area contributed by atoms with Gasteiger partial charge >= 0.3 is 0 Å². The Bertz CT molecular complexity index is 652. The molecule has 0 saturated carbocycles. The first kappa shape index (κ1) is 13.1. The zero-order chi connectivity index (χ0) is 14.1. The van der Waals surface area contributed by atoms with Gasteiger partial charge in [0.1, 0.15) is 5.69 Å². The smallest absolute Gasteiger partial charge is 0.279 e. The monoisotopic (exact) mass is 269 g/mol. The predicted octanol–water partition coefficient (Wildman–Crippen LogP) is 2.04. The lowest BCUT2D eigenvalue weighted by molar-refractivity contribution is 0.105. The molecule has 0 bridgehead atoms. The summed E-state index contributed by atoms with van der Waals surface area (Å²) in [5, 5.41) is 0. The van der Waals surface area contributed by atoms with Crippen LogP contribution in [0.5, 0.6) is 0 Å². The number of carbonyl (C=O) groups is 1.